The lowest BCUT2D eigenvalue weighted by atomic mass is 10.2. The van der Waals surface area contributed by atoms with Gasteiger partial charge in [-0.3, -0.25) is 0 Å². The van der Waals surface area contributed by atoms with Gasteiger partial charge in [0.25, 0.3) is 0 Å². The highest BCUT2D eigenvalue weighted by Gasteiger charge is 2.07. The topological polar surface area (TPSA) is 43.1 Å². The third-order valence-electron chi connectivity index (χ3n) is 2.52. The molecule has 3 aromatic rings. The lowest BCUT2D eigenvalue weighted by Gasteiger charge is -2.00. The van der Waals surface area contributed by atoms with Crippen molar-refractivity contribution in [3.63, 3.8) is 0 Å². The molecule has 0 saturated carbocycles. The van der Waals surface area contributed by atoms with Crippen molar-refractivity contribution in [3.05, 3.63) is 42.9 Å². The van der Waals surface area contributed by atoms with E-state index in [-0.39, 0.29) is 0 Å². The molecule has 0 atom stereocenters. The molecule has 0 bridgehead atoms. The van der Waals surface area contributed by atoms with Gasteiger partial charge in [-0.1, -0.05) is 17.8 Å². The van der Waals surface area contributed by atoms with Gasteiger partial charge < -0.3 is 0 Å². The van der Waals surface area contributed by atoms with Gasteiger partial charge in [0.1, 0.15) is 0 Å². The molecule has 4 nitrogen and oxygen atoms in total. The molecule has 0 amide bonds. The number of hydrogen-bond donors (Lipinski definition) is 0. The van der Waals surface area contributed by atoms with Crippen LogP contribution in [0.4, 0.5) is 0 Å². The molecule has 0 unspecified atom stereocenters. The second kappa shape index (κ2) is 4.18. The van der Waals surface area contributed by atoms with Crippen molar-refractivity contribution < 1.29 is 0 Å². The molecule has 0 saturated heterocycles. The molecule has 5 heteroatoms. The molecule has 0 aliphatic carbocycles. The van der Waals surface area contributed by atoms with Crippen molar-refractivity contribution in [3.8, 4) is 11.3 Å². The van der Waals surface area contributed by atoms with Crippen LogP contribution in [-0.2, 0) is 0 Å². The first-order valence-electron chi connectivity index (χ1n) is 5.18. The molecule has 0 N–H and O–H groups in total. The van der Waals surface area contributed by atoms with Crippen LogP contribution in [0.25, 0.3) is 16.8 Å². The van der Waals surface area contributed by atoms with Crippen LogP contribution >= 0.6 is 11.8 Å². The summed E-state index contributed by atoms with van der Waals surface area (Å²) in [4.78, 5) is 8.65. The van der Waals surface area contributed by atoms with Crippen LogP contribution in [-0.4, -0.2) is 25.8 Å². The second-order valence-corrected chi connectivity index (χ2v) is 4.29. The first kappa shape index (κ1) is 10.3. The Balaban J connectivity index is 2.20. The molecule has 3 rings (SSSR count). The van der Waals surface area contributed by atoms with Gasteiger partial charge in [0.15, 0.2) is 5.16 Å². The molecule has 0 spiro atoms. The van der Waals surface area contributed by atoms with Crippen LogP contribution in [0.2, 0.25) is 0 Å². The zero-order chi connectivity index (χ0) is 11.7. The SMILES string of the molecule is CSc1nccc(-c2cnn3ccccc23)n1. The number of thioether (sulfide) groups is 1. The lowest BCUT2D eigenvalue weighted by molar-refractivity contribution is 0.961. The standard InChI is InChI=1S/C12H10N4S/c1-17-12-13-6-5-10(15-12)9-8-14-16-7-3-2-4-11(9)16/h2-8H,1H3. The monoisotopic (exact) mass is 242 g/mol. The molecular formula is C12H10N4S. The van der Waals surface area contributed by atoms with Crippen molar-refractivity contribution in [2.45, 2.75) is 5.16 Å². The van der Waals surface area contributed by atoms with Crippen molar-refractivity contribution in [2.24, 2.45) is 0 Å². The molecule has 0 fully saturated rings. The molecule has 17 heavy (non-hydrogen) atoms. The molecule has 0 radical (unpaired) electrons. The Morgan fingerprint density at radius 2 is 2.18 bits per heavy atom. The number of pyridine rings is 1. The van der Waals surface area contributed by atoms with E-state index in [1.54, 1.807) is 6.20 Å². The maximum atomic E-state index is 4.48. The van der Waals surface area contributed by atoms with Gasteiger partial charge in [0, 0.05) is 18.0 Å². The number of aromatic nitrogens is 4. The van der Waals surface area contributed by atoms with E-state index < -0.39 is 0 Å². The van der Waals surface area contributed by atoms with Gasteiger partial charge in [-0.2, -0.15) is 5.10 Å². The van der Waals surface area contributed by atoms with Gasteiger partial charge in [-0.15, -0.1) is 0 Å². The molecule has 3 aromatic heterocycles. The highest BCUT2D eigenvalue weighted by molar-refractivity contribution is 7.98. The predicted molar refractivity (Wildman–Crippen MR) is 68.0 cm³/mol. The van der Waals surface area contributed by atoms with Crippen molar-refractivity contribution in [1.82, 2.24) is 19.6 Å². The summed E-state index contributed by atoms with van der Waals surface area (Å²) in [7, 11) is 0. The van der Waals surface area contributed by atoms with E-state index in [0.717, 1.165) is 21.9 Å². The molecule has 3 heterocycles. The zero-order valence-corrected chi connectivity index (χ0v) is 10.1. The first-order valence-corrected chi connectivity index (χ1v) is 6.41. The maximum Gasteiger partial charge on any atom is 0.187 e. The summed E-state index contributed by atoms with van der Waals surface area (Å²) in [6.07, 6.45) is 7.51. The smallest absolute Gasteiger partial charge is 0.187 e. The minimum atomic E-state index is 0.776. The minimum absolute atomic E-state index is 0.776. The number of fused-ring (bicyclic) bond motifs is 1. The summed E-state index contributed by atoms with van der Waals surface area (Å²) in [5.74, 6) is 0. The Labute approximate surface area is 103 Å². The van der Waals surface area contributed by atoms with Gasteiger partial charge in [-0.25, -0.2) is 14.5 Å². The van der Waals surface area contributed by atoms with Crippen LogP contribution in [0.5, 0.6) is 0 Å². The van der Waals surface area contributed by atoms with Crippen LogP contribution in [0.3, 0.4) is 0 Å². The highest BCUT2D eigenvalue weighted by Crippen LogP contribution is 2.23. The molecule has 0 aliphatic heterocycles. The van der Waals surface area contributed by atoms with Crippen molar-refractivity contribution in [1.29, 1.82) is 0 Å². The normalized spacial score (nSPS) is 10.9. The molecular weight excluding hydrogens is 232 g/mol. The molecule has 0 aliphatic rings. The Hall–Kier alpha value is -1.88. The van der Waals surface area contributed by atoms with E-state index in [1.807, 2.05) is 47.4 Å². The quantitative estimate of drug-likeness (QED) is 0.511. The highest BCUT2D eigenvalue weighted by atomic mass is 32.2. The van der Waals surface area contributed by atoms with E-state index in [2.05, 4.69) is 15.1 Å². The first-order chi connectivity index (χ1) is 8.38. The van der Waals surface area contributed by atoms with E-state index >= 15 is 0 Å². The van der Waals surface area contributed by atoms with Crippen molar-refractivity contribution >= 4 is 17.3 Å². The Bertz CT molecular complexity index is 662. The Morgan fingerprint density at radius 3 is 3.06 bits per heavy atom. The third-order valence-corrected chi connectivity index (χ3v) is 3.08. The summed E-state index contributed by atoms with van der Waals surface area (Å²) in [6, 6.07) is 7.89. The summed E-state index contributed by atoms with van der Waals surface area (Å²) in [6.45, 7) is 0. The van der Waals surface area contributed by atoms with Gasteiger partial charge >= 0.3 is 0 Å². The second-order valence-electron chi connectivity index (χ2n) is 3.52. The summed E-state index contributed by atoms with van der Waals surface area (Å²) >= 11 is 1.54. The summed E-state index contributed by atoms with van der Waals surface area (Å²) in [5.41, 5.74) is 2.99. The van der Waals surface area contributed by atoms with Crippen LogP contribution in [0, 0.1) is 0 Å². The predicted octanol–water partition coefficient (Wildman–Crippen LogP) is 2.51. The number of hydrogen-bond acceptors (Lipinski definition) is 4. The third kappa shape index (κ3) is 1.78. The summed E-state index contributed by atoms with van der Waals surface area (Å²) in [5, 5.41) is 5.08. The lowest BCUT2D eigenvalue weighted by Crippen LogP contribution is -1.89. The zero-order valence-electron chi connectivity index (χ0n) is 9.24. The molecule has 84 valence electrons. The summed E-state index contributed by atoms with van der Waals surface area (Å²) < 4.78 is 1.84. The number of rotatable bonds is 2. The van der Waals surface area contributed by atoms with Gasteiger partial charge in [0.2, 0.25) is 0 Å². The van der Waals surface area contributed by atoms with Crippen LogP contribution in [0.15, 0.2) is 48.0 Å². The number of nitrogens with zero attached hydrogens (tertiary/aromatic N) is 4. The largest absolute Gasteiger partial charge is 0.240 e. The van der Waals surface area contributed by atoms with E-state index in [9.17, 15) is 0 Å². The average Bonchev–Trinajstić information content (AvgIpc) is 2.82. The Morgan fingerprint density at radius 1 is 1.24 bits per heavy atom. The fourth-order valence-corrected chi connectivity index (χ4v) is 2.08. The van der Waals surface area contributed by atoms with Crippen LogP contribution < -0.4 is 0 Å². The van der Waals surface area contributed by atoms with E-state index in [1.165, 1.54) is 11.8 Å². The van der Waals surface area contributed by atoms with Gasteiger partial charge in [0.05, 0.1) is 17.4 Å². The minimum Gasteiger partial charge on any atom is -0.240 e. The van der Waals surface area contributed by atoms with Crippen LogP contribution in [0.1, 0.15) is 0 Å². The van der Waals surface area contributed by atoms with Gasteiger partial charge in [-0.05, 0) is 24.5 Å². The fourth-order valence-electron chi connectivity index (χ4n) is 1.72. The van der Waals surface area contributed by atoms with Crippen molar-refractivity contribution in [2.75, 3.05) is 6.26 Å². The Kier molecular flexibility index (Phi) is 2.53. The van der Waals surface area contributed by atoms with E-state index in [0.29, 0.717) is 0 Å². The fraction of sp³-hybridized carbons (Fsp3) is 0.0833. The molecule has 0 aromatic carbocycles. The maximum absolute atomic E-state index is 4.48. The average molecular weight is 242 g/mol. The van der Waals surface area contributed by atoms with E-state index in [4.69, 9.17) is 0 Å².